The summed E-state index contributed by atoms with van der Waals surface area (Å²) in [7, 11) is 0. The van der Waals surface area contributed by atoms with Crippen molar-refractivity contribution in [2.24, 2.45) is 11.0 Å². The van der Waals surface area contributed by atoms with E-state index in [4.69, 9.17) is 0 Å². The van der Waals surface area contributed by atoms with E-state index in [2.05, 4.69) is 5.10 Å². The van der Waals surface area contributed by atoms with E-state index in [0.29, 0.717) is 25.7 Å². The molecule has 1 atom stereocenters. The van der Waals surface area contributed by atoms with E-state index in [9.17, 15) is 23.1 Å². The zero-order valence-electron chi connectivity index (χ0n) is 11.4. The summed E-state index contributed by atoms with van der Waals surface area (Å²) < 4.78 is 39.3. The Hall–Kier alpha value is -1.11. The molecule has 0 radical (unpaired) electrons. The smallest absolute Gasteiger partial charge is 0.362 e. The minimum Gasteiger partial charge on any atom is -0.362 e. The summed E-state index contributed by atoms with van der Waals surface area (Å²) in [5, 5.41) is 14.0. The summed E-state index contributed by atoms with van der Waals surface area (Å²) in [6, 6.07) is 0. The standard InChI is InChI=1S/C13H19F3N2O2/c1-2-3-4-5-10-8-12(20,13(14,15)16)18(17-10)11(19)9-6-7-9/h9,20H,2-8H2,1H3/t12-/m0/s1. The van der Waals surface area contributed by atoms with E-state index in [1.165, 1.54) is 0 Å². The molecule has 1 aliphatic carbocycles. The molecule has 7 heteroatoms. The Morgan fingerprint density at radius 2 is 2.10 bits per heavy atom. The molecule has 0 unspecified atom stereocenters. The number of nitrogens with zero attached hydrogens (tertiary/aromatic N) is 2. The van der Waals surface area contributed by atoms with Crippen LogP contribution in [0.5, 0.6) is 0 Å². The summed E-state index contributed by atoms with van der Waals surface area (Å²) >= 11 is 0. The molecule has 1 amide bonds. The molecule has 4 nitrogen and oxygen atoms in total. The quantitative estimate of drug-likeness (QED) is 0.792. The molecule has 0 bridgehead atoms. The van der Waals surface area contributed by atoms with E-state index in [-0.39, 0.29) is 10.7 Å². The first-order valence-corrected chi connectivity index (χ1v) is 6.99. The summed E-state index contributed by atoms with van der Waals surface area (Å²) in [5.74, 6) is -1.13. The van der Waals surface area contributed by atoms with Crippen LogP contribution in [0.15, 0.2) is 5.10 Å². The fraction of sp³-hybridized carbons (Fsp3) is 0.846. The Morgan fingerprint density at radius 3 is 2.60 bits per heavy atom. The van der Waals surface area contributed by atoms with Crippen molar-refractivity contribution in [1.82, 2.24) is 5.01 Å². The fourth-order valence-corrected chi connectivity index (χ4v) is 2.29. The summed E-state index contributed by atoms with van der Waals surface area (Å²) in [5.41, 5.74) is -2.90. The van der Waals surface area contributed by atoms with Crippen LogP contribution in [0.25, 0.3) is 0 Å². The van der Waals surface area contributed by atoms with Crippen LogP contribution in [0.3, 0.4) is 0 Å². The van der Waals surface area contributed by atoms with Crippen LogP contribution >= 0.6 is 0 Å². The first-order valence-electron chi connectivity index (χ1n) is 6.99. The first kappa shape index (κ1) is 15.3. The van der Waals surface area contributed by atoms with Gasteiger partial charge in [-0.25, -0.2) is 0 Å². The predicted octanol–water partition coefficient (Wildman–Crippen LogP) is 2.82. The highest BCUT2D eigenvalue weighted by molar-refractivity contribution is 5.91. The minimum absolute atomic E-state index is 0.257. The van der Waals surface area contributed by atoms with E-state index in [1.54, 1.807) is 0 Å². The predicted molar refractivity (Wildman–Crippen MR) is 66.8 cm³/mol. The molecular weight excluding hydrogens is 273 g/mol. The van der Waals surface area contributed by atoms with Gasteiger partial charge in [0, 0.05) is 18.1 Å². The van der Waals surface area contributed by atoms with Crippen molar-refractivity contribution in [2.45, 2.75) is 63.8 Å². The van der Waals surface area contributed by atoms with Crippen molar-refractivity contribution >= 4 is 11.6 Å². The third-order valence-electron chi connectivity index (χ3n) is 3.70. The van der Waals surface area contributed by atoms with Crippen molar-refractivity contribution in [2.75, 3.05) is 0 Å². The molecule has 1 fully saturated rings. The highest BCUT2D eigenvalue weighted by Gasteiger charge is 2.63. The van der Waals surface area contributed by atoms with Gasteiger partial charge in [-0.3, -0.25) is 4.79 Å². The van der Waals surface area contributed by atoms with Crippen molar-refractivity contribution in [1.29, 1.82) is 0 Å². The Balaban J connectivity index is 2.14. The lowest BCUT2D eigenvalue weighted by Crippen LogP contribution is -2.57. The third kappa shape index (κ3) is 2.82. The second-order valence-corrected chi connectivity index (χ2v) is 5.54. The molecule has 0 saturated heterocycles. The number of carbonyl (C=O) groups is 1. The molecule has 2 aliphatic rings. The van der Waals surface area contributed by atoms with Gasteiger partial charge in [0.1, 0.15) is 0 Å². The van der Waals surface area contributed by atoms with Gasteiger partial charge < -0.3 is 5.11 Å². The van der Waals surface area contributed by atoms with Crippen molar-refractivity contribution in [3.05, 3.63) is 0 Å². The van der Waals surface area contributed by atoms with Crippen molar-refractivity contribution < 1.29 is 23.1 Å². The lowest BCUT2D eigenvalue weighted by atomic mass is 10.0. The second kappa shape index (κ2) is 5.35. The lowest BCUT2D eigenvalue weighted by molar-refractivity contribution is -0.302. The molecule has 1 aliphatic heterocycles. The van der Waals surface area contributed by atoms with Gasteiger partial charge in [-0.05, 0) is 25.7 Å². The Bertz CT molecular complexity index is 418. The fourth-order valence-electron chi connectivity index (χ4n) is 2.29. The molecular formula is C13H19F3N2O2. The molecule has 20 heavy (non-hydrogen) atoms. The van der Waals surface area contributed by atoms with Gasteiger partial charge in [0.25, 0.3) is 5.72 Å². The van der Waals surface area contributed by atoms with E-state index < -0.39 is 30.1 Å². The largest absolute Gasteiger partial charge is 0.438 e. The number of hydrogen-bond donors (Lipinski definition) is 1. The lowest BCUT2D eigenvalue weighted by Gasteiger charge is -2.32. The average molecular weight is 292 g/mol. The number of hydrogen-bond acceptors (Lipinski definition) is 3. The molecule has 1 saturated carbocycles. The number of unbranched alkanes of at least 4 members (excludes halogenated alkanes) is 2. The van der Waals surface area contributed by atoms with Gasteiger partial charge in [-0.2, -0.15) is 23.3 Å². The number of rotatable bonds is 5. The highest BCUT2D eigenvalue weighted by Crippen LogP contribution is 2.44. The van der Waals surface area contributed by atoms with Crippen LogP contribution < -0.4 is 0 Å². The minimum atomic E-state index is -4.90. The third-order valence-corrected chi connectivity index (χ3v) is 3.70. The number of aliphatic hydroxyl groups is 1. The summed E-state index contributed by atoms with van der Waals surface area (Å²) in [4.78, 5) is 11.9. The van der Waals surface area contributed by atoms with E-state index >= 15 is 0 Å². The number of halogens is 3. The van der Waals surface area contributed by atoms with E-state index in [1.807, 2.05) is 6.92 Å². The molecule has 1 heterocycles. The normalized spacial score (nSPS) is 26.9. The first-order chi connectivity index (χ1) is 9.29. The highest BCUT2D eigenvalue weighted by atomic mass is 19.4. The second-order valence-electron chi connectivity index (χ2n) is 5.54. The Kier molecular flexibility index (Phi) is 4.09. The van der Waals surface area contributed by atoms with Gasteiger partial charge in [-0.15, -0.1) is 0 Å². The van der Waals surface area contributed by atoms with Gasteiger partial charge in [-0.1, -0.05) is 19.8 Å². The molecule has 0 aromatic rings. The molecule has 1 N–H and O–H groups in total. The number of amides is 1. The van der Waals surface area contributed by atoms with Gasteiger partial charge >= 0.3 is 6.18 Å². The Labute approximate surface area is 115 Å². The maximum atomic E-state index is 13.1. The van der Waals surface area contributed by atoms with E-state index in [0.717, 1.165) is 12.8 Å². The summed E-state index contributed by atoms with van der Waals surface area (Å²) in [6.07, 6.45) is -1.43. The van der Waals surface area contributed by atoms with Crippen LogP contribution in [0.4, 0.5) is 13.2 Å². The zero-order valence-corrected chi connectivity index (χ0v) is 11.4. The van der Waals surface area contributed by atoms with Gasteiger partial charge in [0.15, 0.2) is 0 Å². The van der Waals surface area contributed by atoms with Gasteiger partial charge in [0.2, 0.25) is 5.91 Å². The number of alkyl halides is 3. The monoisotopic (exact) mass is 292 g/mol. The maximum Gasteiger partial charge on any atom is 0.438 e. The topological polar surface area (TPSA) is 52.9 Å². The molecule has 0 spiro atoms. The van der Waals surface area contributed by atoms with Crippen LogP contribution in [0.1, 0.15) is 51.9 Å². The van der Waals surface area contributed by atoms with Gasteiger partial charge in [0.05, 0.1) is 0 Å². The van der Waals surface area contributed by atoms with Crippen LogP contribution in [-0.4, -0.2) is 33.6 Å². The number of hydrazone groups is 1. The molecule has 2 rings (SSSR count). The zero-order chi connectivity index (χ0) is 15.0. The number of carbonyl (C=O) groups excluding carboxylic acids is 1. The molecule has 0 aromatic carbocycles. The molecule has 114 valence electrons. The van der Waals surface area contributed by atoms with Crippen LogP contribution in [-0.2, 0) is 4.79 Å². The molecule has 0 aromatic heterocycles. The maximum absolute atomic E-state index is 13.1. The van der Waals surface area contributed by atoms with Crippen LogP contribution in [0.2, 0.25) is 0 Å². The Morgan fingerprint density at radius 1 is 1.45 bits per heavy atom. The average Bonchev–Trinajstić information content (AvgIpc) is 3.13. The van der Waals surface area contributed by atoms with Crippen molar-refractivity contribution in [3.8, 4) is 0 Å². The SMILES string of the molecule is CCCCCC1=NN(C(=O)C2CC2)[C@@](O)(C(F)(F)F)C1. The van der Waals surface area contributed by atoms with Crippen molar-refractivity contribution in [3.63, 3.8) is 0 Å². The van der Waals surface area contributed by atoms with Crippen LogP contribution in [0, 0.1) is 5.92 Å². The summed E-state index contributed by atoms with van der Waals surface area (Å²) in [6.45, 7) is 1.99.